The van der Waals surface area contributed by atoms with E-state index in [4.69, 9.17) is 0 Å². The lowest BCUT2D eigenvalue weighted by Gasteiger charge is -1.92. The minimum Gasteiger partial charge on any atom is -0.239 e. The van der Waals surface area contributed by atoms with E-state index >= 15 is 0 Å². The van der Waals surface area contributed by atoms with Crippen molar-refractivity contribution in [2.75, 3.05) is 6.73 Å². The van der Waals surface area contributed by atoms with Crippen LogP contribution in [0.2, 0.25) is 0 Å². The molecule has 0 atom stereocenters. The van der Waals surface area contributed by atoms with Gasteiger partial charge in [0.2, 0.25) is 0 Å². The van der Waals surface area contributed by atoms with E-state index in [1.165, 1.54) is 0 Å². The predicted molar refractivity (Wildman–Crippen MR) is 17.4 cm³/mol. The molecule has 4 heteroatoms. The van der Waals surface area contributed by atoms with Gasteiger partial charge in [0, 0.05) is 0 Å². The van der Waals surface area contributed by atoms with Gasteiger partial charge in [0.15, 0.2) is 6.73 Å². The standard InChI is InChI=1S/C2H3FN2O/c3-5-1-4-2-6-5/h1H,2H2. The third-order valence-corrected chi connectivity index (χ3v) is 0.428. The molecule has 0 spiro atoms. The third kappa shape index (κ3) is 0.463. The summed E-state index contributed by atoms with van der Waals surface area (Å²) in [7, 11) is 0. The Morgan fingerprint density at radius 1 is 2.00 bits per heavy atom. The largest absolute Gasteiger partial charge is 0.239 e. The number of nitrogens with zero attached hydrogens (tertiary/aromatic N) is 2. The van der Waals surface area contributed by atoms with E-state index in [9.17, 15) is 4.48 Å². The molecule has 3 nitrogen and oxygen atoms in total. The molecule has 0 saturated heterocycles. The molecule has 0 aromatic rings. The maximum Gasteiger partial charge on any atom is 0.169 e. The van der Waals surface area contributed by atoms with Crippen LogP contribution in [0, 0.1) is 0 Å². The van der Waals surface area contributed by atoms with Crippen LogP contribution in [0.15, 0.2) is 4.99 Å². The molecule has 0 aliphatic carbocycles. The van der Waals surface area contributed by atoms with Crippen LogP contribution in [0.1, 0.15) is 0 Å². The highest BCUT2D eigenvalue weighted by Gasteiger charge is 1.99. The molecule has 0 unspecified atom stereocenters. The molecule has 34 valence electrons. The van der Waals surface area contributed by atoms with Crippen LogP contribution in [-0.4, -0.2) is 18.4 Å². The lowest BCUT2D eigenvalue weighted by atomic mass is 11.2. The van der Waals surface area contributed by atoms with E-state index < -0.39 is 0 Å². The van der Waals surface area contributed by atoms with Crippen molar-refractivity contribution in [2.45, 2.75) is 0 Å². The van der Waals surface area contributed by atoms with E-state index in [1.807, 2.05) is 0 Å². The summed E-state index contributed by atoms with van der Waals surface area (Å²) in [6.45, 7) is 0.108. The van der Waals surface area contributed by atoms with Crippen molar-refractivity contribution < 1.29 is 9.32 Å². The summed E-state index contributed by atoms with van der Waals surface area (Å²) in [5.41, 5.74) is 0. The molecule has 1 rings (SSSR count). The molecule has 0 saturated carbocycles. The van der Waals surface area contributed by atoms with Gasteiger partial charge in [0.25, 0.3) is 0 Å². The zero-order chi connectivity index (χ0) is 4.41. The van der Waals surface area contributed by atoms with Crippen LogP contribution >= 0.6 is 0 Å². The number of hydrogen-bond acceptors (Lipinski definition) is 3. The molecule has 0 fully saturated rings. The highest BCUT2D eigenvalue weighted by Crippen LogP contribution is 1.92. The van der Waals surface area contributed by atoms with Crippen molar-refractivity contribution in [3.63, 3.8) is 0 Å². The third-order valence-electron chi connectivity index (χ3n) is 0.428. The molecular formula is C2H3FN2O. The van der Waals surface area contributed by atoms with Gasteiger partial charge in [-0.05, 0) is 0 Å². The Kier molecular flexibility index (Phi) is 0.719. The Morgan fingerprint density at radius 2 is 2.83 bits per heavy atom. The second-order valence-electron chi connectivity index (χ2n) is 0.828. The average molecular weight is 90.1 g/mol. The Balaban J connectivity index is 2.38. The van der Waals surface area contributed by atoms with Crippen LogP contribution in [0.3, 0.4) is 0 Å². The highest BCUT2D eigenvalue weighted by molar-refractivity contribution is 5.52. The zero-order valence-corrected chi connectivity index (χ0v) is 2.97. The van der Waals surface area contributed by atoms with Gasteiger partial charge in [-0.25, -0.2) is 9.83 Å². The van der Waals surface area contributed by atoms with E-state index in [0.717, 1.165) is 6.34 Å². The molecule has 0 aromatic carbocycles. The Bertz CT molecular complexity index is 73.9. The number of hydrogen-bond donors (Lipinski definition) is 0. The maximum atomic E-state index is 11.4. The zero-order valence-electron chi connectivity index (χ0n) is 2.97. The summed E-state index contributed by atoms with van der Waals surface area (Å²) in [5.74, 6) is 0. The minimum atomic E-state index is 0.0694. The fourth-order valence-electron chi connectivity index (χ4n) is 0.219. The Morgan fingerprint density at radius 3 is 3.00 bits per heavy atom. The van der Waals surface area contributed by atoms with Gasteiger partial charge in [-0.3, -0.25) is 0 Å². The van der Waals surface area contributed by atoms with Gasteiger partial charge in [-0.2, -0.15) is 0 Å². The van der Waals surface area contributed by atoms with E-state index in [-0.39, 0.29) is 12.0 Å². The van der Waals surface area contributed by atoms with E-state index in [2.05, 4.69) is 9.83 Å². The first-order chi connectivity index (χ1) is 2.89. The topological polar surface area (TPSA) is 24.8 Å². The van der Waals surface area contributed by atoms with Crippen LogP contribution in [0.25, 0.3) is 0 Å². The average Bonchev–Trinajstić information content (AvgIpc) is 1.86. The molecule has 0 amide bonds. The van der Waals surface area contributed by atoms with Gasteiger partial charge in [0.05, 0.1) is 0 Å². The fourth-order valence-corrected chi connectivity index (χ4v) is 0.219. The van der Waals surface area contributed by atoms with Crippen molar-refractivity contribution in [1.29, 1.82) is 0 Å². The summed E-state index contributed by atoms with van der Waals surface area (Å²) in [6, 6.07) is 0. The first kappa shape index (κ1) is 3.55. The van der Waals surface area contributed by atoms with E-state index in [1.54, 1.807) is 0 Å². The predicted octanol–water partition coefficient (Wildman–Crippen LogP) is 0.104. The van der Waals surface area contributed by atoms with Crippen molar-refractivity contribution in [1.82, 2.24) is 5.29 Å². The van der Waals surface area contributed by atoms with Crippen molar-refractivity contribution in [3.8, 4) is 0 Å². The number of aliphatic imine (C=N–C) groups is 1. The molecule has 1 aliphatic heterocycles. The lowest BCUT2D eigenvalue weighted by molar-refractivity contribution is -0.198. The van der Waals surface area contributed by atoms with Crippen molar-refractivity contribution in [2.24, 2.45) is 4.99 Å². The van der Waals surface area contributed by atoms with Crippen LogP contribution < -0.4 is 0 Å². The minimum absolute atomic E-state index is 0.0694. The Labute approximate surface area is 33.9 Å². The molecule has 0 radical (unpaired) electrons. The summed E-state index contributed by atoms with van der Waals surface area (Å²) in [4.78, 5) is 7.47. The summed E-state index contributed by atoms with van der Waals surface area (Å²) < 4.78 is 11.4. The van der Waals surface area contributed by atoms with Gasteiger partial charge >= 0.3 is 0 Å². The molecule has 1 heterocycles. The molecular weight excluding hydrogens is 87.0 g/mol. The summed E-state index contributed by atoms with van der Waals surface area (Å²) in [6.07, 6.45) is 0.972. The fraction of sp³-hybridized carbons (Fsp3) is 0.500. The lowest BCUT2D eigenvalue weighted by Crippen LogP contribution is -2.02. The van der Waals surface area contributed by atoms with Crippen LogP contribution in [0.5, 0.6) is 0 Å². The number of rotatable bonds is 0. The second-order valence-corrected chi connectivity index (χ2v) is 0.828. The molecule has 1 aliphatic rings. The van der Waals surface area contributed by atoms with E-state index in [0.29, 0.717) is 0 Å². The van der Waals surface area contributed by atoms with Gasteiger partial charge in [0.1, 0.15) is 6.34 Å². The molecule has 0 bridgehead atoms. The normalized spacial score (nSPS) is 19.8. The molecule has 0 N–H and O–H groups in total. The number of hydroxylamine groups is 1. The van der Waals surface area contributed by atoms with Crippen molar-refractivity contribution in [3.05, 3.63) is 0 Å². The maximum absolute atomic E-state index is 11.4. The quantitative estimate of drug-likeness (QED) is 0.394. The monoisotopic (exact) mass is 90.0 g/mol. The smallest absolute Gasteiger partial charge is 0.169 e. The SMILES string of the molecule is FN1C=NCO1. The highest BCUT2D eigenvalue weighted by atomic mass is 19.2. The second kappa shape index (κ2) is 1.22. The van der Waals surface area contributed by atoms with Gasteiger partial charge < -0.3 is 0 Å². The van der Waals surface area contributed by atoms with Crippen LogP contribution in [0.4, 0.5) is 4.48 Å². The van der Waals surface area contributed by atoms with Crippen LogP contribution in [-0.2, 0) is 4.84 Å². The van der Waals surface area contributed by atoms with Gasteiger partial charge in [-0.15, -0.1) is 0 Å². The molecule has 6 heavy (non-hydrogen) atoms. The number of halogens is 1. The van der Waals surface area contributed by atoms with Gasteiger partial charge in [-0.1, -0.05) is 9.77 Å². The first-order valence-corrected chi connectivity index (χ1v) is 1.47. The van der Waals surface area contributed by atoms with Crippen molar-refractivity contribution >= 4 is 6.34 Å². The first-order valence-electron chi connectivity index (χ1n) is 1.47. The Hall–Kier alpha value is -0.640. The summed E-state index contributed by atoms with van der Waals surface area (Å²) in [5, 5.41) is 0.0694. The molecule has 0 aromatic heterocycles. The summed E-state index contributed by atoms with van der Waals surface area (Å²) >= 11 is 0.